The van der Waals surface area contributed by atoms with Crippen molar-refractivity contribution >= 4 is 17.9 Å². The van der Waals surface area contributed by atoms with E-state index >= 15 is 0 Å². The Hall–Kier alpha value is -1.63. The first-order chi connectivity index (χ1) is 8.38. The highest BCUT2D eigenvalue weighted by Crippen LogP contribution is 2.06. The quantitative estimate of drug-likeness (QED) is 0.571. The lowest BCUT2D eigenvalue weighted by atomic mass is 10.1. The Labute approximate surface area is 105 Å². The zero-order chi connectivity index (χ0) is 14.1. The van der Waals surface area contributed by atoms with Gasteiger partial charge in [0, 0.05) is 6.42 Å². The standard InChI is InChI=1S/C11H19NO6/c1-3-6-18-10(15)7-12(2)8(11(16)17)4-5-9(13)14/h8H,3-7H2,1-2H3,(H,13,14)(H,16,17). The number of likely N-dealkylation sites (N-methyl/N-ethyl adjacent to an activating group) is 1. The zero-order valence-corrected chi connectivity index (χ0v) is 10.6. The summed E-state index contributed by atoms with van der Waals surface area (Å²) >= 11 is 0. The minimum absolute atomic E-state index is 0.0533. The van der Waals surface area contributed by atoms with Crippen molar-refractivity contribution < 1.29 is 29.3 Å². The van der Waals surface area contributed by atoms with Gasteiger partial charge in [0.15, 0.2) is 0 Å². The Bertz CT molecular complexity index is 304. The maximum atomic E-state index is 11.3. The average Bonchev–Trinajstić information content (AvgIpc) is 2.25. The van der Waals surface area contributed by atoms with Crippen molar-refractivity contribution in [3.05, 3.63) is 0 Å². The van der Waals surface area contributed by atoms with Crippen LogP contribution in [0.2, 0.25) is 0 Å². The first kappa shape index (κ1) is 16.4. The number of hydrogen-bond donors (Lipinski definition) is 2. The molecule has 18 heavy (non-hydrogen) atoms. The minimum Gasteiger partial charge on any atom is -0.481 e. The smallest absolute Gasteiger partial charge is 0.320 e. The number of ether oxygens (including phenoxy) is 1. The van der Waals surface area contributed by atoms with Crippen LogP contribution in [0.4, 0.5) is 0 Å². The van der Waals surface area contributed by atoms with Crippen molar-refractivity contribution in [2.24, 2.45) is 0 Å². The van der Waals surface area contributed by atoms with E-state index in [1.54, 1.807) is 0 Å². The summed E-state index contributed by atoms with van der Waals surface area (Å²) in [5.41, 5.74) is 0. The molecule has 0 aromatic heterocycles. The lowest BCUT2D eigenvalue weighted by Crippen LogP contribution is -2.42. The van der Waals surface area contributed by atoms with Gasteiger partial charge in [0.05, 0.1) is 13.2 Å². The van der Waals surface area contributed by atoms with Crippen LogP contribution in [0.25, 0.3) is 0 Å². The van der Waals surface area contributed by atoms with Crippen LogP contribution in [0, 0.1) is 0 Å². The van der Waals surface area contributed by atoms with E-state index in [1.807, 2.05) is 6.92 Å². The summed E-state index contributed by atoms with van der Waals surface area (Å²) in [5, 5.41) is 17.5. The molecule has 0 aromatic rings. The van der Waals surface area contributed by atoms with Crippen LogP contribution < -0.4 is 0 Å². The number of esters is 1. The predicted molar refractivity (Wildman–Crippen MR) is 62.2 cm³/mol. The van der Waals surface area contributed by atoms with Gasteiger partial charge < -0.3 is 14.9 Å². The Kier molecular flexibility index (Phi) is 7.69. The van der Waals surface area contributed by atoms with Crippen LogP contribution in [0.1, 0.15) is 26.2 Å². The van der Waals surface area contributed by atoms with Gasteiger partial charge in [0.1, 0.15) is 6.04 Å². The van der Waals surface area contributed by atoms with Gasteiger partial charge in [-0.2, -0.15) is 0 Å². The molecule has 0 aliphatic rings. The number of aliphatic carboxylic acids is 2. The highest BCUT2D eigenvalue weighted by Gasteiger charge is 2.25. The van der Waals surface area contributed by atoms with Crippen molar-refractivity contribution in [2.75, 3.05) is 20.2 Å². The summed E-state index contributed by atoms with van der Waals surface area (Å²) in [6, 6.07) is -1.00. The number of carbonyl (C=O) groups excluding carboxylic acids is 1. The van der Waals surface area contributed by atoms with Crippen LogP contribution in [-0.4, -0.2) is 59.3 Å². The molecule has 0 rings (SSSR count). The van der Waals surface area contributed by atoms with Crippen LogP contribution in [0.15, 0.2) is 0 Å². The molecule has 0 aromatic carbocycles. The Morgan fingerprint density at radius 2 is 1.89 bits per heavy atom. The van der Waals surface area contributed by atoms with Gasteiger partial charge in [-0.1, -0.05) is 6.92 Å². The second-order valence-corrected chi connectivity index (χ2v) is 3.92. The molecule has 0 spiro atoms. The van der Waals surface area contributed by atoms with Gasteiger partial charge in [-0.05, 0) is 19.9 Å². The zero-order valence-electron chi connectivity index (χ0n) is 10.6. The van der Waals surface area contributed by atoms with E-state index in [9.17, 15) is 14.4 Å². The molecular weight excluding hydrogens is 242 g/mol. The van der Waals surface area contributed by atoms with Gasteiger partial charge in [0.2, 0.25) is 0 Å². The fourth-order valence-corrected chi connectivity index (χ4v) is 1.37. The summed E-state index contributed by atoms with van der Waals surface area (Å²) in [5.74, 6) is -2.73. The molecule has 0 saturated heterocycles. The summed E-state index contributed by atoms with van der Waals surface area (Å²) in [6.45, 7) is 1.97. The molecule has 0 aliphatic carbocycles. The number of nitrogens with zero attached hydrogens (tertiary/aromatic N) is 1. The van der Waals surface area contributed by atoms with Crippen molar-refractivity contribution in [1.82, 2.24) is 4.90 Å². The Morgan fingerprint density at radius 3 is 2.33 bits per heavy atom. The minimum atomic E-state index is -1.15. The predicted octanol–water partition coefficient (Wildman–Crippen LogP) is 0.189. The highest BCUT2D eigenvalue weighted by atomic mass is 16.5. The Morgan fingerprint density at radius 1 is 1.28 bits per heavy atom. The SMILES string of the molecule is CCCOC(=O)CN(C)C(CCC(=O)O)C(=O)O. The molecule has 0 saturated carbocycles. The molecule has 0 bridgehead atoms. The van der Waals surface area contributed by atoms with Crippen molar-refractivity contribution in [2.45, 2.75) is 32.2 Å². The molecule has 0 heterocycles. The number of rotatable bonds is 9. The molecule has 7 heteroatoms. The van der Waals surface area contributed by atoms with Gasteiger partial charge in [-0.25, -0.2) is 0 Å². The van der Waals surface area contributed by atoms with Gasteiger partial charge >= 0.3 is 17.9 Å². The number of carboxylic acid groups (broad SMARTS) is 2. The maximum Gasteiger partial charge on any atom is 0.320 e. The van der Waals surface area contributed by atoms with Crippen molar-refractivity contribution in [1.29, 1.82) is 0 Å². The molecule has 0 amide bonds. The van der Waals surface area contributed by atoms with E-state index in [0.717, 1.165) is 0 Å². The molecule has 1 unspecified atom stereocenters. The number of carbonyl (C=O) groups is 3. The molecular formula is C11H19NO6. The number of hydrogen-bond acceptors (Lipinski definition) is 5. The largest absolute Gasteiger partial charge is 0.481 e. The van der Waals surface area contributed by atoms with E-state index in [-0.39, 0.29) is 19.4 Å². The Balaban J connectivity index is 4.29. The van der Waals surface area contributed by atoms with Gasteiger partial charge in [0.25, 0.3) is 0 Å². The van der Waals surface area contributed by atoms with Crippen molar-refractivity contribution in [3.8, 4) is 0 Å². The van der Waals surface area contributed by atoms with Crippen LogP contribution in [0.3, 0.4) is 0 Å². The lowest BCUT2D eigenvalue weighted by Gasteiger charge is -2.23. The lowest BCUT2D eigenvalue weighted by molar-refractivity contribution is -0.148. The molecule has 2 N–H and O–H groups in total. The third-order valence-corrected chi connectivity index (χ3v) is 2.29. The van der Waals surface area contributed by atoms with Crippen LogP contribution >= 0.6 is 0 Å². The summed E-state index contributed by atoms with van der Waals surface area (Å²) in [6.07, 6.45) is 0.379. The second kappa shape index (κ2) is 8.46. The molecule has 1 atom stereocenters. The second-order valence-electron chi connectivity index (χ2n) is 3.92. The molecule has 0 aliphatic heterocycles. The molecule has 104 valence electrons. The first-order valence-electron chi connectivity index (χ1n) is 5.69. The third-order valence-electron chi connectivity index (χ3n) is 2.29. The van der Waals surface area contributed by atoms with E-state index in [1.165, 1.54) is 11.9 Å². The average molecular weight is 261 g/mol. The van der Waals surface area contributed by atoms with Crippen LogP contribution in [-0.2, 0) is 19.1 Å². The monoisotopic (exact) mass is 261 g/mol. The first-order valence-corrected chi connectivity index (χ1v) is 5.69. The summed E-state index contributed by atoms with van der Waals surface area (Å²) in [7, 11) is 1.45. The fraction of sp³-hybridized carbons (Fsp3) is 0.727. The molecule has 7 nitrogen and oxygen atoms in total. The molecule has 0 fully saturated rings. The summed E-state index contributed by atoms with van der Waals surface area (Å²) < 4.78 is 4.83. The van der Waals surface area contributed by atoms with Gasteiger partial charge in [-0.15, -0.1) is 0 Å². The normalized spacial score (nSPS) is 12.2. The van der Waals surface area contributed by atoms with Crippen LogP contribution in [0.5, 0.6) is 0 Å². The maximum absolute atomic E-state index is 11.3. The van der Waals surface area contributed by atoms with Gasteiger partial charge in [-0.3, -0.25) is 19.3 Å². The third kappa shape index (κ3) is 6.85. The topological polar surface area (TPSA) is 104 Å². The molecule has 0 radical (unpaired) electrons. The fourth-order valence-electron chi connectivity index (χ4n) is 1.37. The summed E-state index contributed by atoms with van der Waals surface area (Å²) in [4.78, 5) is 34.0. The van der Waals surface area contributed by atoms with E-state index in [2.05, 4.69) is 0 Å². The van der Waals surface area contributed by atoms with E-state index in [4.69, 9.17) is 14.9 Å². The number of carboxylic acids is 2. The highest BCUT2D eigenvalue weighted by molar-refractivity contribution is 5.77. The van der Waals surface area contributed by atoms with Crippen molar-refractivity contribution in [3.63, 3.8) is 0 Å². The van der Waals surface area contributed by atoms with E-state index < -0.39 is 23.9 Å². The van der Waals surface area contributed by atoms with E-state index in [0.29, 0.717) is 13.0 Å².